The molecule has 0 radical (unpaired) electrons. The molecule has 1 amide bonds. The second kappa shape index (κ2) is 6.26. The third-order valence-electron chi connectivity index (χ3n) is 3.44. The Morgan fingerprint density at radius 2 is 2.10 bits per heavy atom. The summed E-state index contributed by atoms with van der Waals surface area (Å²) in [7, 11) is 1.70. The van der Waals surface area contributed by atoms with Gasteiger partial charge in [0.2, 0.25) is 5.91 Å². The zero-order valence-corrected chi connectivity index (χ0v) is 13.1. The van der Waals surface area contributed by atoms with Crippen molar-refractivity contribution in [3.05, 3.63) is 40.4 Å². The SMILES string of the molecule is CCN(C)C(=O)Cn1c(C(C)Cl)nc2ccccc2c1=O. The molecule has 6 heteroatoms. The summed E-state index contributed by atoms with van der Waals surface area (Å²) in [4.78, 5) is 30.7. The fourth-order valence-corrected chi connectivity index (χ4v) is 2.24. The average molecular weight is 308 g/mol. The van der Waals surface area contributed by atoms with Crippen LogP contribution in [0, 0.1) is 0 Å². The molecule has 0 aliphatic heterocycles. The first-order valence-corrected chi connectivity index (χ1v) is 7.26. The number of hydrogen-bond acceptors (Lipinski definition) is 3. The summed E-state index contributed by atoms with van der Waals surface area (Å²) in [5.74, 6) is 0.272. The molecule has 0 spiro atoms. The molecule has 5 nitrogen and oxygen atoms in total. The van der Waals surface area contributed by atoms with Gasteiger partial charge in [0.15, 0.2) is 0 Å². The fraction of sp³-hybridized carbons (Fsp3) is 0.400. The minimum atomic E-state index is -0.456. The number of rotatable bonds is 4. The van der Waals surface area contributed by atoms with Crippen LogP contribution >= 0.6 is 11.6 Å². The van der Waals surface area contributed by atoms with Crippen molar-refractivity contribution in [2.24, 2.45) is 0 Å². The Morgan fingerprint density at radius 3 is 2.71 bits per heavy atom. The predicted octanol–water partition coefficient (Wildman–Crippen LogP) is 2.17. The second-order valence-electron chi connectivity index (χ2n) is 4.90. The number of nitrogens with zero attached hydrogens (tertiary/aromatic N) is 3. The number of carbonyl (C=O) groups is 1. The summed E-state index contributed by atoms with van der Waals surface area (Å²) < 4.78 is 1.37. The minimum absolute atomic E-state index is 0.0482. The van der Waals surface area contributed by atoms with Gasteiger partial charge in [-0.25, -0.2) is 4.98 Å². The van der Waals surface area contributed by atoms with Gasteiger partial charge in [-0.1, -0.05) is 12.1 Å². The molecule has 1 heterocycles. The largest absolute Gasteiger partial charge is 0.344 e. The Hall–Kier alpha value is -1.88. The molecule has 0 aliphatic rings. The van der Waals surface area contributed by atoms with Gasteiger partial charge < -0.3 is 4.90 Å². The van der Waals surface area contributed by atoms with Crippen LogP contribution in [-0.4, -0.2) is 34.0 Å². The highest BCUT2D eigenvalue weighted by atomic mass is 35.5. The van der Waals surface area contributed by atoms with Crippen molar-refractivity contribution < 1.29 is 4.79 Å². The summed E-state index contributed by atoms with van der Waals surface area (Å²) in [5, 5.41) is 0.0348. The average Bonchev–Trinajstić information content (AvgIpc) is 2.48. The number of para-hydroxylation sites is 1. The van der Waals surface area contributed by atoms with E-state index in [2.05, 4.69) is 4.98 Å². The number of likely N-dealkylation sites (N-methyl/N-ethyl adjacent to an activating group) is 1. The molecule has 0 saturated carbocycles. The molecule has 2 aromatic rings. The molecule has 0 N–H and O–H groups in total. The number of hydrogen-bond donors (Lipinski definition) is 0. The lowest BCUT2D eigenvalue weighted by molar-refractivity contribution is -0.130. The van der Waals surface area contributed by atoms with Crippen LogP contribution in [0.4, 0.5) is 0 Å². The quantitative estimate of drug-likeness (QED) is 0.814. The smallest absolute Gasteiger partial charge is 0.261 e. The monoisotopic (exact) mass is 307 g/mol. The summed E-state index contributed by atoms with van der Waals surface area (Å²) in [6, 6.07) is 7.07. The van der Waals surface area contributed by atoms with Crippen molar-refractivity contribution in [1.29, 1.82) is 0 Å². The van der Waals surface area contributed by atoms with E-state index in [9.17, 15) is 9.59 Å². The number of fused-ring (bicyclic) bond motifs is 1. The van der Waals surface area contributed by atoms with Gasteiger partial charge in [-0.15, -0.1) is 11.6 Å². The van der Waals surface area contributed by atoms with Gasteiger partial charge in [-0.05, 0) is 26.0 Å². The highest BCUT2D eigenvalue weighted by molar-refractivity contribution is 6.20. The molecule has 1 aromatic carbocycles. The van der Waals surface area contributed by atoms with Crippen molar-refractivity contribution in [2.45, 2.75) is 25.8 Å². The van der Waals surface area contributed by atoms with E-state index in [4.69, 9.17) is 11.6 Å². The molecule has 0 fully saturated rings. The van der Waals surface area contributed by atoms with Crippen LogP contribution in [0.2, 0.25) is 0 Å². The predicted molar refractivity (Wildman–Crippen MR) is 83.6 cm³/mol. The van der Waals surface area contributed by atoms with Crippen molar-refractivity contribution in [3.63, 3.8) is 0 Å². The van der Waals surface area contributed by atoms with Crippen molar-refractivity contribution in [2.75, 3.05) is 13.6 Å². The zero-order chi connectivity index (χ0) is 15.6. The highest BCUT2D eigenvalue weighted by Gasteiger charge is 2.18. The lowest BCUT2D eigenvalue weighted by atomic mass is 10.2. The zero-order valence-electron chi connectivity index (χ0n) is 12.3. The maximum Gasteiger partial charge on any atom is 0.261 e. The van der Waals surface area contributed by atoms with Crippen LogP contribution in [0.15, 0.2) is 29.1 Å². The van der Waals surface area contributed by atoms with Crippen LogP contribution in [-0.2, 0) is 11.3 Å². The van der Waals surface area contributed by atoms with Gasteiger partial charge in [0, 0.05) is 13.6 Å². The lowest BCUT2D eigenvalue weighted by Gasteiger charge is -2.18. The van der Waals surface area contributed by atoms with Gasteiger partial charge in [-0.3, -0.25) is 14.2 Å². The number of alkyl halides is 1. The van der Waals surface area contributed by atoms with Crippen molar-refractivity contribution in [3.8, 4) is 0 Å². The molecule has 1 unspecified atom stereocenters. The normalized spacial score (nSPS) is 12.4. The second-order valence-corrected chi connectivity index (χ2v) is 5.56. The van der Waals surface area contributed by atoms with E-state index in [-0.39, 0.29) is 18.0 Å². The van der Waals surface area contributed by atoms with E-state index < -0.39 is 5.38 Å². The Kier molecular flexibility index (Phi) is 4.63. The van der Waals surface area contributed by atoms with Crippen LogP contribution in [0.5, 0.6) is 0 Å². The van der Waals surface area contributed by atoms with Gasteiger partial charge in [0.05, 0.1) is 16.3 Å². The third kappa shape index (κ3) is 3.08. The van der Waals surface area contributed by atoms with Gasteiger partial charge in [0.25, 0.3) is 5.56 Å². The Bertz CT molecular complexity index is 724. The number of benzene rings is 1. The molecular formula is C15H18ClN3O2. The van der Waals surface area contributed by atoms with Crippen LogP contribution < -0.4 is 5.56 Å². The third-order valence-corrected chi connectivity index (χ3v) is 3.64. The maximum absolute atomic E-state index is 12.6. The van der Waals surface area contributed by atoms with Crippen LogP contribution in [0.3, 0.4) is 0 Å². The topological polar surface area (TPSA) is 55.2 Å². The first kappa shape index (κ1) is 15.5. The van der Waals surface area contributed by atoms with Gasteiger partial charge >= 0.3 is 0 Å². The van der Waals surface area contributed by atoms with Crippen molar-refractivity contribution >= 4 is 28.4 Å². The molecule has 0 saturated heterocycles. The van der Waals surface area contributed by atoms with Gasteiger partial charge in [0.1, 0.15) is 12.4 Å². The Balaban J connectivity index is 2.60. The van der Waals surface area contributed by atoms with Crippen molar-refractivity contribution in [1.82, 2.24) is 14.5 Å². The molecule has 2 rings (SSSR count). The molecule has 112 valence electrons. The standard InChI is InChI=1S/C15H18ClN3O2/c1-4-18(3)13(20)9-19-14(10(2)16)17-12-8-6-5-7-11(12)15(19)21/h5-8,10H,4,9H2,1-3H3. The van der Waals surface area contributed by atoms with E-state index in [0.717, 1.165) is 0 Å². The summed E-state index contributed by atoms with van der Waals surface area (Å²) in [6.45, 7) is 4.15. The van der Waals surface area contributed by atoms with Gasteiger partial charge in [-0.2, -0.15) is 0 Å². The summed E-state index contributed by atoms with van der Waals surface area (Å²) in [5.41, 5.74) is 0.360. The first-order chi connectivity index (χ1) is 9.95. The maximum atomic E-state index is 12.6. The molecule has 0 bridgehead atoms. The number of halogens is 1. The van der Waals surface area contributed by atoms with Crippen LogP contribution in [0.1, 0.15) is 25.0 Å². The number of amides is 1. The number of aromatic nitrogens is 2. The van der Waals surface area contributed by atoms with Crippen LogP contribution in [0.25, 0.3) is 10.9 Å². The fourth-order valence-electron chi connectivity index (χ4n) is 2.07. The lowest BCUT2D eigenvalue weighted by Crippen LogP contribution is -2.35. The van der Waals surface area contributed by atoms with E-state index in [1.54, 1.807) is 37.1 Å². The highest BCUT2D eigenvalue weighted by Crippen LogP contribution is 2.18. The summed E-state index contributed by atoms with van der Waals surface area (Å²) >= 11 is 6.13. The molecule has 1 aromatic heterocycles. The summed E-state index contributed by atoms with van der Waals surface area (Å²) in [6.07, 6.45) is 0. The molecule has 1 atom stereocenters. The molecule has 0 aliphatic carbocycles. The first-order valence-electron chi connectivity index (χ1n) is 6.83. The van der Waals surface area contributed by atoms with E-state index in [0.29, 0.717) is 23.3 Å². The van der Waals surface area contributed by atoms with E-state index >= 15 is 0 Å². The van der Waals surface area contributed by atoms with E-state index in [1.807, 2.05) is 13.0 Å². The Morgan fingerprint density at radius 1 is 1.43 bits per heavy atom. The molecular weight excluding hydrogens is 290 g/mol. The molecule has 21 heavy (non-hydrogen) atoms. The Labute approximate surface area is 128 Å². The minimum Gasteiger partial charge on any atom is -0.344 e. The van der Waals surface area contributed by atoms with E-state index in [1.165, 1.54) is 4.57 Å². The number of carbonyl (C=O) groups excluding carboxylic acids is 1.